The number of carbonyl (C=O) groups excluding carboxylic acids is 1. The van der Waals surface area contributed by atoms with Crippen LogP contribution in [0.2, 0.25) is 10.0 Å². The van der Waals surface area contributed by atoms with Crippen molar-refractivity contribution in [1.29, 1.82) is 0 Å². The van der Waals surface area contributed by atoms with Crippen molar-refractivity contribution < 1.29 is 119 Å². The van der Waals surface area contributed by atoms with Gasteiger partial charge in [-0.25, -0.2) is 0 Å². The van der Waals surface area contributed by atoms with E-state index < -0.39 is 0 Å². The number of fused-ring (bicyclic) bond motifs is 4. The Morgan fingerprint density at radius 3 is 1.88 bits per heavy atom. The Morgan fingerprint density at radius 2 is 1.27 bits per heavy atom. The summed E-state index contributed by atoms with van der Waals surface area (Å²) in [5, 5.41) is 13.4. The van der Waals surface area contributed by atoms with Crippen LogP contribution in [0, 0.1) is 0 Å². The zero-order valence-corrected chi connectivity index (χ0v) is 39.1. The van der Waals surface area contributed by atoms with Crippen LogP contribution in [0.15, 0.2) is 105 Å². The number of nitrogens with one attached hydrogen (secondary N) is 1. The Labute approximate surface area is 401 Å². The minimum atomic E-state index is -0.181. The summed E-state index contributed by atoms with van der Waals surface area (Å²) in [6.45, 7) is 3.01. The molecule has 0 bridgehead atoms. The molecule has 1 N–H and O–H groups in total. The maximum atomic E-state index is 8.64. The van der Waals surface area contributed by atoms with Crippen molar-refractivity contribution in [3.8, 4) is 0 Å². The van der Waals surface area contributed by atoms with Gasteiger partial charge in [-0.05, 0) is 115 Å². The molecule has 14 heteroatoms. The first-order valence-corrected chi connectivity index (χ1v) is 17.8. The second-order valence-electron chi connectivity index (χ2n) is 10.9. The van der Waals surface area contributed by atoms with Crippen LogP contribution in [0.25, 0.3) is 0 Å². The van der Waals surface area contributed by atoms with Gasteiger partial charge in [-0.3, -0.25) is 4.79 Å². The summed E-state index contributed by atoms with van der Waals surface area (Å²) < 4.78 is 0. The Bertz CT molecular complexity index is 1580. The van der Waals surface area contributed by atoms with Gasteiger partial charge in [0.1, 0.15) is 0 Å². The van der Waals surface area contributed by atoms with Crippen molar-refractivity contribution in [1.82, 2.24) is 9.80 Å². The van der Waals surface area contributed by atoms with Gasteiger partial charge in [0.2, 0.25) is 0 Å². The summed E-state index contributed by atoms with van der Waals surface area (Å²) in [6.07, 6.45) is 2.21. The number of alkyl halides is 1. The van der Waals surface area contributed by atoms with Crippen LogP contribution in [-0.4, -0.2) is 70.0 Å². The minimum absolute atomic E-state index is 0. The second-order valence-corrected chi connectivity index (χ2v) is 14.3. The van der Waals surface area contributed by atoms with E-state index in [0.29, 0.717) is 0 Å². The Kier molecular flexibility index (Phi) is 25.7. The predicted octanol–water partition coefficient (Wildman–Crippen LogP) is 3.17. The Hall–Kier alpha value is 0.673. The van der Waals surface area contributed by atoms with Gasteiger partial charge in [-0.15, -0.1) is 11.6 Å². The molecular formula is C35H41Cl3K2N4O3S2. The second kappa shape index (κ2) is 26.4. The first kappa shape index (κ1) is 47.7. The average Bonchev–Trinajstić information content (AvgIpc) is 3.07. The molecule has 2 aliphatic heterocycles. The average molecular weight is 814 g/mol. The van der Waals surface area contributed by atoms with E-state index in [-0.39, 0.29) is 111 Å². The van der Waals surface area contributed by atoms with Gasteiger partial charge in [0.15, 0.2) is 0 Å². The van der Waals surface area contributed by atoms with Crippen molar-refractivity contribution >= 4 is 87.5 Å². The molecule has 0 radical (unpaired) electrons. The van der Waals surface area contributed by atoms with E-state index >= 15 is 0 Å². The largest absolute Gasteiger partial charge is 1.00 e. The quantitative estimate of drug-likeness (QED) is 0.0838. The molecule has 0 spiro atoms. The van der Waals surface area contributed by atoms with Crippen LogP contribution in [0.4, 0.5) is 22.7 Å². The number of para-hydroxylation sites is 2. The molecule has 7 nitrogen and oxygen atoms in total. The summed E-state index contributed by atoms with van der Waals surface area (Å²) in [6, 6.07) is 29.0. The fourth-order valence-corrected chi connectivity index (χ4v) is 7.08. The first-order chi connectivity index (χ1) is 22.7. The van der Waals surface area contributed by atoms with Crippen molar-refractivity contribution in [3.05, 3.63) is 95.0 Å². The van der Waals surface area contributed by atoms with E-state index in [1.165, 1.54) is 31.0 Å². The van der Waals surface area contributed by atoms with Gasteiger partial charge >= 0.3 is 103 Å². The summed E-state index contributed by atoms with van der Waals surface area (Å²) in [4.78, 5) is 23.1. The molecule has 0 unspecified atom stereocenters. The third-order valence-electron chi connectivity index (χ3n) is 6.67. The molecule has 49 heavy (non-hydrogen) atoms. The van der Waals surface area contributed by atoms with Crippen molar-refractivity contribution in [2.75, 3.05) is 63.9 Å². The molecule has 0 amide bonds. The molecule has 0 aliphatic carbocycles. The smallest absolute Gasteiger partial charge is 1.00 e. The maximum absolute atomic E-state index is 8.64. The van der Waals surface area contributed by atoms with Gasteiger partial charge in [-0.1, -0.05) is 71.0 Å². The normalized spacial score (nSPS) is 11.4. The number of anilines is 4. The van der Waals surface area contributed by atoms with E-state index in [9.17, 15) is 0 Å². The molecular weight excluding hydrogens is 773 g/mol. The minimum Gasteiger partial charge on any atom is -1.00 e. The molecule has 4 aromatic carbocycles. The number of nitrogens with zero attached hydrogens (tertiary/aromatic N) is 3. The standard InChI is InChI=1S/C17H19ClN2S.C12H8ClNS.C5H12ClN.CH2O3.2K.H/c1-19(2)10-5-11-20-14-6-3-4-7-16(14)21-17-9-8-13(18)12-15(17)20;13-8-5-6-12-10(7-8)14-9-3-1-2-4-11(9)15-12;1-7(2)5-3-4-6;2-1-4-3;;;/h3-4,6-9,12H,5,10-11H2,1-2H3;1-7,14H;3-5H2,1-2H3;1,3H;;;/q;;;;2*+1;-1/p-1. The van der Waals surface area contributed by atoms with E-state index in [2.05, 4.69) is 93.6 Å². The van der Waals surface area contributed by atoms with Crippen LogP contribution < -0.4 is 118 Å². The van der Waals surface area contributed by atoms with Gasteiger partial charge < -0.3 is 31.6 Å². The van der Waals surface area contributed by atoms with Gasteiger partial charge in [0, 0.05) is 42.1 Å². The van der Waals surface area contributed by atoms with Crippen LogP contribution in [-0.2, 0) is 9.68 Å². The molecule has 2 aliphatic rings. The van der Waals surface area contributed by atoms with Gasteiger partial charge in [0.25, 0.3) is 6.47 Å². The van der Waals surface area contributed by atoms with Gasteiger partial charge in [0.05, 0.1) is 22.7 Å². The van der Waals surface area contributed by atoms with Crippen molar-refractivity contribution in [2.45, 2.75) is 32.4 Å². The number of halogens is 3. The van der Waals surface area contributed by atoms with Crippen LogP contribution in [0.5, 0.6) is 0 Å². The first-order valence-electron chi connectivity index (χ1n) is 14.9. The number of benzene rings is 4. The molecule has 6 rings (SSSR count). The maximum Gasteiger partial charge on any atom is 1.00 e. The Balaban J connectivity index is 0.000000727. The third kappa shape index (κ3) is 16.7. The SMILES string of the molecule is CN(C)CCCCl.CN(C)CCCN1c2ccccc2Sc2ccc(Cl)cc21.Clc1ccc2c(c1)Nc1ccccc1S2.O=CO[O-].[H-].[K+].[K+]. The summed E-state index contributed by atoms with van der Waals surface area (Å²) in [5.41, 5.74) is 4.75. The number of rotatable bonds is 8. The van der Waals surface area contributed by atoms with E-state index in [1.54, 1.807) is 11.8 Å². The van der Waals surface area contributed by atoms with E-state index in [1.807, 2.05) is 56.2 Å². The fraction of sp³-hybridized carbons (Fsp3) is 0.286. The van der Waals surface area contributed by atoms with Gasteiger partial charge in [-0.2, -0.15) is 0 Å². The molecule has 0 saturated carbocycles. The zero-order valence-electron chi connectivity index (χ0n) is 29.9. The van der Waals surface area contributed by atoms with E-state index in [0.717, 1.165) is 59.8 Å². The molecule has 0 atom stereocenters. The molecule has 4 aromatic rings. The zero-order chi connectivity index (χ0) is 34.2. The molecule has 0 aromatic heterocycles. The monoisotopic (exact) mass is 812 g/mol. The summed E-state index contributed by atoms with van der Waals surface area (Å²) in [7, 11) is 8.33. The van der Waals surface area contributed by atoms with Crippen LogP contribution in [0.1, 0.15) is 14.3 Å². The molecule has 0 saturated heterocycles. The molecule has 0 fully saturated rings. The topological polar surface area (TPSA) is 71.1 Å². The number of carbonyl (C=O) groups is 1. The van der Waals surface area contributed by atoms with Crippen LogP contribution >= 0.6 is 58.3 Å². The number of hydrogen-bond donors (Lipinski definition) is 1. The molecule has 254 valence electrons. The fourth-order valence-electron chi connectivity index (χ4n) is 4.58. The summed E-state index contributed by atoms with van der Waals surface area (Å²) >= 11 is 21.2. The Morgan fingerprint density at radius 1 is 0.755 bits per heavy atom. The van der Waals surface area contributed by atoms with Crippen molar-refractivity contribution in [3.63, 3.8) is 0 Å². The summed E-state index contributed by atoms with van der Waals surface area (Å²) in [5.74, 6) is 0.776. The van der Waals surface area contributed by atoms with Crippen LogP contribution in [0.3, 0.4) is 0 Å². The molecule has 2 heterocycles. The third-order valence-corrected chi connectivity index (χ3v) is 9.69. The van der Waals surface area contributed by atoms with E-state index in [4.69, 9.17) is 44.9 Å². The predicted molar refractivity (Wildman–Crippen MR) is 200 cm³/mol. The number of hydrogen-bond acceptors (Lipinski definition) is 9. The van der Waals surface area contributed by atoms with Crippen molar-refractivity contribution in [2.24, 2.45) is 0 Å².